The monoisotopic (exact) mass is 348 g/mol. The Balaban J connectivity index is 2.16. The summed E-state index contributed by atoms with van der Waals surface area (Å²) in [5.41, 5.74) is 2.35. The van der Waals surface area contributed by atoms with Gasteiger partial charge in [-0.2, -0.15) is 0 Å². The fourth-order valence-electron chi connectivity index (χ4n) is 2.48. The molecule has 23 heavy (non-hydrogen) atoms. The summed E-state index contributed by atoms with van der Waals surface area (Å²) in [7, 11) is 1.72. The Morgan fingerprint density at radius 3 is 2.74 bits per heavy atom. The van der Waals surface area contributed by atoms with Crippen molar-refractivity contribution < 1.29 is 4.74 Å². The second kappa shape index (κ2) is 9.01. The van der Waals surface area contributed by atoms with Gasteiger partial charge >= 0.3 is 0 Å². The fraction of sp³-hybridized carbons (Fsp3) is 0.389. The predicted octanol–water partition coefficient (Wildman–Crippen LogP) is 4.72. The molecule has 1 heterocycles. The zero-order valence-corrected chi connectivity index (χ0v) is 15.5. The Morgan fingerprint density at radius 2 is 2.09 bits per heavy atom. The molecule has 0 saturated heterocycles. The minimum absolute atomic E-state index is 0.221. The molecule has 0 aliphatic carbocycles. The van der Waals surface area contributed by atoms with Crippen molar-refractivity contribution in [2.75, 3.05) is 25.6 Å². The first kappa shape index (κ1) is 17.9. The highest BCUT2D eigenvalue weighted by molar-refractivity contribution is 7.80. The number of thiocarbonyl (C=S) groups is 1. The molecule has 3 nitrogen and oxygen atoms in total. The third kappa shape index (κ3) is 4.77. The standard InChI is InChI=1S/C18H24N2OS2/c1-4-15-8-5-6-9-16(15)19-18(22)20(11-12-21-3)14(2)17-10-7-13-23-17/h5-10,13-14H,4,11-12H2,1-3H3,(H,19,22). The summed E-state index contributed by atoms with van der Waals surface area (Å²) in [5.74, 6) is 0. The highest BCUT2D eigenvalue weighted by Gasteiger charge is 2.19. The van der Waals surface area contributed by atoms with Gasteiger partial charge in [0, 0.05) is 24.2 Å². The predicted molar refractivity (Wildman–Crippen MR) is 103 cm³/mol. The van der Waals surface area contributed by atoms with E-state index in [4.69, 9.17) is 17.0 Å². The Bertz CT molecular complexity index is 613. The zero-order chi connectivity index (χ0) is 16.7. The van der Waals surface area contributed by atoms with Crippen molar-refractivity contribution in [3.8, 4) is 0 Å². The summed E-state index contributed by atoms with van der Waals surface area (Å²) in [6.07, 6.45) is 0.977. The van der Waals surface area contributed by atoms with Crippen LogP contribution in [0.3, 0.4) is 0 Å². The van der Waals surface area contributed by atoms with Gasteiger partial charge in [-0.1, -0.05) is 31.2 Å². The lowest BCUT2D eigenvalue weighted by molar-refractivity contribution is 0.166. The van der Waals surface area contributed by atoms with Crippen LogP contribution in [-0.4, -0.2) is 30.3 Å². The van der Waals surface area contributed by atoms with Crippen LogP contribution in [0.15, 0.2) is 41.8 Å². The number of hydrogen-bond donors (Lipinski definition) is 1. The van der Waals surface area contributed by atoms with Crippen molar-refractivity contribution in [3.63, 3.8) is 0 Å². The van der Waals surface area contributed by atoms with Crippen LogP contribution in [0.1, 0.15) is 30.3 Å². The van der Waals surface area contributed by atoms with Gasteiger partial charge in [-0.05, 0) is 48.6 Å². The second-order valence-electron chi connectivity index (χ2n) is 5.32. The van der Waals surface area contributed by atoms with Gasteiger partial charge in [0.1, 0.15) is 0 Å². The van der Waals surface area contributed by atoms with Crippen LogP contribution in [0, 0.1) is 0 Å². The normalized spacial score (nSPS) is 12.0. The largest absolute Gasteiger partial charge is 0.383 e. The van der Waals surface area contributed by atoms with Crippen LogP contribution in [0.25, 0.3) is 0 Å². The lowest BCUT2D eigenvalue weighted by atomic mass is 10.1. The molecule has 0 saturated carbocycles. The van der Waals surface area contributed by atoms with Crippen LogP contribution < -0.4 is 5.32 Å². The maximum absolute atomic E-state index is 5.69. The summed E-state index contributed by atoms with van der Waals surface area (Å²) in [6, 6.07) is 12.8. The van der Waals surface area contributed by atoms with Crippen LogP contribution in [0.4, 0.5) is 5.69 Å². The van der Waals surface area contributed by atoms with Crippen molar-refractivity contribution in [1.29, 1.82) is 0 Å². The molecule has 0 aliphatic heterocycles. The molecule has 2 rings (SSSR count). The van der Waals surface area contributed by atoms with E-state index in [0.29, 0.717) is 6.61 Å². The molecule has 0 bridgehead atoms. The first-order chi connectivity index (χ1) is 11.2. The van der Waals surface area contributed by atoms with E-state index in [-0.39, 0.29) is 6.04 Å². The number of nitrogens with zero attached hydrogens (tertiary/aromatic N) is 1. The van der Waals surface area contributed by atoms with Crippen molar-refractivity contribution >= 4 is 34.4 Å². The minimum atomic E-state index is 0.221. The number of ether oxygens (including phenoxy) is 1. The number of aryl methyl sites for hydroxylation is 1. The van der Waals surface area contributed by atoms with E-state index in [1.807, 2.05) is 6.07 Å². The Kier molecular flexibility index (Phi) is 7.02. The molecule has 1 N–H and O–H groups in total. The molecular weight excluding hydrogens is 324 g/mol. The number of para-hydroxylation sites is 1. The summed E-state index contributed by atoms with van der Waals surface area (Å²) in [5, 5.41) is 6.26. The molecule has 0 spiro atoms. The average Bonchev–Trinajstić information content (AvgIpc) is 3.10. The third-order valence-corrected chi connectivity index (χ3v) is 5.24. The summed E-state index contributed by atoms with van der Waals surface area (Å²) in [4.78, 5) is 3.49. The quantitative estimate of drug-likeness (QED) is 0.732. The second-order valence-corrected chi connectivity index (χ2v) is 6.68. The van der Waals surface area contributed by atoms with Crippen LogP contribution in [0.2, 0.25) is 0 Å². The van der Waals surface area contributed by atoms with E-state index in [1.54, 1.807) is 18.4 Å². The van der Waals surface area contributed by atoms with E-state index in [2.05, 4.69) is 59.8 Å². The SMILES string of the molecule is CCc1ccccc1NC(=S)N(CCOC)C(C)c1cccs1. The van der Waals surface area contributed by atoms with Gasteiger partial charge < -0.3 is 15.0 Å². The molecule has 0 fully saturated rings. The molecule has 5 heteroatoms. The molecule has 1 aromatic heterocycles. The Morgan fingerprint density at radius 1 is 1.30 bits per heavy atom. The molecule has 1 atom stereocenters. The molecular formula is C18H24N2OS2. The highest BCUT2D eigenvalue weighted by atomic mass is 32.1. The number of benzene rings is 1. The number of hydrogen-bond acceptors (Lipinski definition) is 3. The van der Waals surface area contributed by atoms with Crippen molar-refractivity contribution in [2.24, 2.45) is 0 Å². The molecule has 0 radical (unpaired) electrons. The number of methoxy groups -OCH3 is 1. The Labute approximate surface area is 148 Å². The maximum Gasteiger partial charge on any atom is 0.174 e. The number of thiophene rings is 1. The lowest BCUT2D eigenvalue weighted by Crippen LogP contribution is -2.39. The molecule has 124 valence electrons. The zero-order valence-electron chi connectivity index (χ0n) is 13.9. The van der Waals surface area contributed by atoms with Crippen LogP contribution >= 0.6 is 23.6 Å². The van der Waals surface area contributed by atoms with Crippen molar-refractivity contribution in [1.82, 2.24) is 4.90 Å². The third-order valence-electron chi connectivity index (χ3n) is 3.86. The minimum Gasteiger partial charge on any atom is -0.383 e. The number of anilines is 1. The van der Waals surface area contributed by atoms with Crippen LogP contribution in [-0.2, 0) is 11.2 Å². The highest BCUT2D eigenvalue weighted by Crippen LogP contribution is 2.26. The van der Waals surface area contributed by atoms with Gasteiger partial charge in [-0.3, -0.25) is 0 Å². The van der Waals surface area contributed by atoms with E-state index in [1.165, 1.54) is 10.4 Å². The van der Waals surface area contributed by atoms with Crippen molar-refractivity contribution in [2.45, 2.75) is 26.3 Å². The summed E-state index contributed by atoms with van der Waals surface area (Å²) >= 11 is 7.45. The first-order valence-electron chi connectivity index (χ1n) is 7.85. The molecule has 0 aliphatic rings. The van der Waals surface area contributed by atoms with E-state index < -0.39 is 0 Å². The molecule has 2 aromatic rings. The molecule has 0 amide bonds. The molecule has 1 aromatic carbocycles. The fourth-order valence-corrected chi connectivity index (χ4v) is 3.64. The van der Waals surface area contributed by atoms with Gasteiger partial charge in [0.2, 0.25) is 0 Å². The van der Waals surface area contributed by atoms with E-state index in [0.717, 1.165) is 23.8 Å². The topological polar surface area (TPSA) is 24.5 Å². The molecule has 1 unspecified atom stereocenters. The Hall–Kier alpha value is -1.43. The van der Waals surface area contributed by atoms with E-state index >= 15 is 0 Å². The first-order valence-corrected chi connectivity index (χ1v) is 9.14. The van der Waals surface area contributed by atoms with Gasteiger partial charge in [-0.15, -0.1) is 11.3 Å². The average molecular weight is 349 g/mol. The summed E-state index contributed by atoms with van der Waals surface area (Å²) < 4.78 is 5.26. The summed E-state index contributed by atoms with van der Waals surface area (Å²) in [6.45, 7) is 5.74. The van der Waals surface area contributed by atoms with Crippen molar-refractivity contribution in [3.05, 3.63) is 52.2 Å². The smallest absolute Gasteiger partial charge is 0.174 e. The maximum atomic E-state index is 5.69. The van der Waals surface area contributed by atoms with Crippen LogP contribution in [0.5, 0.6) is 0 Å². The number of nitrogens with one attached hydrogen (secondary N) is 1. The number of rotatable bonds is 7. The van der Waals surface area contributed by atoms with E-state index in [9.17, 15) is 0 Å². The van der Waals surface area contributed by atoms with Gasteiger partial charge in [-0.25, -0.2) is 0 Å². The lowest BCUT2D eigenvalue weighted by Gasteiger charge is -2.31. The van der Waals surface area contributed by atoms with Gasteiger partial charge in [0.15, 0.2) is 5.11 Å². The van der Waals surface area contributed by atoms with Gasteiger partial charge in [0.25, 0.3) is 0 Å². The van der Waals surface area contributed by atoms with Gasteiger partial charge in [0.05, 0.1) is 12.6 Å².